The first-order chi connectivity index (χ1) is 11.3. The molecule has 5 heteroatoms. The van der Waals surface area contributed by atoms with E-state index in [0.29, 0.717) is 5.92 Å². The van der Waals surface area contributed by atoms with Crippen molar-refractivity contribution >= 4 is 38.1 Å². The molecule has 1 nitrogen and oxygen atoms in total. The molecule has 1 atom stereocenters. The minimum atomic E-state index is -0.250. The molecule has 1 unspecified atom stereocenters. The molecule has 162 valence electrons. The molecule has 30 heavy (non-hydrogen) atoms. The van der Waals surface area contributed by atoms with Crippen molar-refractivity contribution in [2.75, 3.05) is 0 Å². The molecule has 4 rings (SSSR count). The Balaban J connectivity index is -0.000000281. The number of halogens is 2. The molecule has 1 aliphatic carbocycles. The Bertz CT molecular complexity index is 943. The predicted octanol–water partition coefficient (Wildman–Crippen LogP) is 1.68. The van der Waals surface area contributed by atoms with Gasteiger partial charge in [-0.2, -0.15) is 0 Å². The normalized spacial score (nSPS) is 13.3. The summed E-state index contributed by atoms with van der Waals surface area (Å²) in [6.45, 7) is 10.1. The van der Waals surface area contributed by atoms with Gasteiger partial charge in [-0.1, -0.05) is 74.6 Å². The maximum absolute atomic E-state index is 6.94. The van der Waals surface area contributed by atoms with Crippen molar-refractivity contribution in [1.82, 2.24) is 0 Å². The SMILES string of the molecule is CC(C)(C)[NH-].CC1=CC(C)c2c1c1ccccc1c1ccc[c-]c21.[CH3-].[CH3-].[Cl-].[Cl-].[Si].[Ti+2]. The molecule has 0 saturated heterocycles. The van der Waals surface area contributed by atoms with E-state index in [1.54, 1.807) is 0 Å². The zero-order valence-electron chi connectivity index (χ0n) is 19.0. The van der Waals surface area contributed by atoms with Crippen LogP contribution in [0, 0.1) is 20.9 Å². The maximum Gasteiger partial charge on any atom is 2.00 e. The molecule has 0 amide bonds. The Morgan fingerprint density at radius 1 is 0.900 bits per heavy atom. The molecule has 0 aromatic heterocycles. The van der Waals surface area contributed by atoms with Crippen LogP contribution in [0.1, 0.15) is 51.7 Å². The van der Waals surface area contributed by atoms with Gasteiger partial charge in [-0.25, -0.2) is 0 Å². The van der Waals surface area contributed by atoms with Gasteiger partial charge in [0.05, 0.1) is 0 Å². The molecule has 1 N–H and O–H groups in total. The third kappa shape index (κ3) is 7.82. The molecule has 0 saturated carbocycles. The monoisotopic (exact) mass is 491 g/mol. The van der Waals surface area contributed by atoms with Crippen LogP contribution in [0.5, 0.6) is 0 Å². The van der Waals surface area contributed by atoms with E-state index in [4.69, 9.17) is 5.73 Å². The number of fused-ring (bicyclic) bond motifs is 6. The van der Waals surface area contributed by atoms with Gasteiger partial charge in [-0.3, -0.25) is 0 Å². The quantitative estimate of drug-likeness (QED) is 0.259. The first kappa shape index (κ1) is 36.7. The van der Waals surface area contributed by atoms with Crippen LogP contribution >= 0.6 is 0 Å². The first-order valence-electron chi connectivity index (χ1n) is 8.56. The van der Waals surface area contributed by atoms with Gasteiger partial charge in [0.25, 0.3) is 0 Å². The van der Waals surface area contributed by atoms with E-state index in [2.05, 4.69) is 62.4 Å². The smallest absolute Gasteiger partial charge is 1.00 e. The zero-order valence-corrected chi connectivity index (χ0v) is 23.0. The van der Waals surface area contributed by atoms with Crippen molar-refractivity contribution in [3.05, 3.63) is 86.3 Å². The molecule has 0 spiro atoms. The van der Waals surface area contributed by atoms with Crippen molar-refractivity contribution < 1.29 is 46.5 Å². The van der Waals surface area contributed by atoms with Crippen molar-refractivity contribution in [1.29, 1.82) is 0 Å². The Hall–Kier alpha value is -0.609. The minimum absolute atomic E-state index is 0. The summed E-state index contributed by atoms with van der Waals surface area (Å²) < 4.78 is 0. The Labute approximate surface area is 216 Å². The third-order valence-corrected chi connectivity index (χ3v) is 4.23. The zero-order chi connectivity index (χ0) is 17.5. The number of rotatable bonds is 0. The van der Waals surface area contributed by atoms with Crippen LogP contribution in [0.15, 0.2) is 48.5 Å². The van der Waals surface area contributed by atoms with E-state index in [1.165, 1.54) is 38.2 Å². The second-order valence-electron chi connectivity index (χ2n) is 7.68. The summed E-state index contributed by atoms with van der Waals surface area (Å²) in [6, 6.07) is 18.5. The molecule has 0 bridgehead atoms. The van der Waals surface area contributed by atoms with Gasteiger partial charge >= 0.3 is 21.7 Å². The molecular weight excluding hydrogens is 461 g/mol. The average Bonchev–Trinajstić information content (AvgIpc) is 2.81. The summed E-state index contributed by atoms with van der Waals surface area (Å²) >= 11 is 0. The Kier molecular flexibility index (Phi) is 17.7. The summed E-state index contributed by atoms with van der Waals surface area (Å²) in [4.78, 5) is 0. The van der Waals surface area contributed by atoms with Crippen molar-refractivity contribution in [3.63, 3.8) is 0 Å². The molecular formula is C25H31Cl2NSiTi-4. The number of allylic oxidation sites excluding steroid dienone is 2. The van der Waals surface area contributed by atoms with Crippen molar-refractivity contribution in [2.45, 2.75) is 46.1 Å². The van der Waals surface area contributed by atoms with Gasteiger partial charge in [-0.15, -0.1) is 46.1 Å². The Morgan fingerprint density at radius 2 is 1.37 bits per heavy atom. The first-order valence-corrected chi connectivity index (χ1v) is 8.56. The van der Waals surface area contributed by atoms with Crippen LogP contribution < -0.4 is 24.8 Å². The average molecular weight is 492 g/mol. The number of hydrogen-bond donors (Lipinski definition) is 0. The van der Waals surface area contributed by atoms with E-state index in [1.807, 2.05) is 26.8 Å². The van der Waals surface area contributed by atoms with Crippen LogP contribution in [0.2, 0.25) is 0 Å². The van der Waals surface area contributed by atoms with Crippen LogP contribution in [-0.4, -0.2) is 16.5 Å². The maximum atomic E-state index is 6.94. The fraction of sp³-hybridized carbons (Fsp3) is 0.280. The summed E-state index contributed by atoms with van der Waals surface area (Å²) in [7, 11) is 0. The van der Waals surface area contributed by atoms with Crippen molar-refractivity contribution in [2.24, 2.45) is 0 Å². The minimum Gasteiger partial charge on any atom is -1.00 e. The van der Waals surface area contributed by atoms with E-state index in [0.717, 1.165) is 0 Å². The fourth-order valence-corrected chi connectivity index (χ4v) is 3.51. The van der Waals surface area contributed by atoms with Crippen LogP contribution in [0.4, 0.5) is 0 Å². The van der Waals surface area contributed by atoms with Gasteiger partial charge in [0.15, 0.2) is 0 Å². The summed E-state index contributed by atoms with van der Waals surface area (Å²) in [6.07, 6.45) is 2.37. The number of nitrogens with one attached hydrogen (secondary N) is 1. The van der Waals surface area contributed by atoms with E-state index >= 15 is 0 Å². The largest absolute Gasteiger partial charge is 2.00 e. The van der Waals surface area contributed by atoms with Gasteiger partial charge < -0.3 is 45.4 Å². The molecule has 1 aliphatic rings. The van der Waals surface area contributed by atoms with E-state index in [-0.39, 0.29) is 77.9 Å². The van der Waals surface area contributed by atoms with Gasteiger partial charge in [0, 0.05) is 11.0 Å². The second-order valence-corrected chi connectivity index (χ2v) is 7.68. The molecule has 3 aromatic carbocycles. The molecule has 0 fully saturated rings. The van der Waals surface area contributed by atoms with Crippen molar-refractivity contribution in [3.8, 4) is 0 Å². The topological polar surface area (TPSA) is 23.8 Å². The molecule has 0 heterocycles. The van der Waals surface area contributed by atoms with Gasteiger partial charge in [0.2, 0.25) is 0 Å². The van der Waals surface area contributed by atoms with Crippen LogP contribution in [0.3, 0.4) is 0 Å². The summed E-state index contributed by atoms with van der Waals surface area (Å²) in [5, 5.41) is 5.33. The van der Waals surface area contributed by atoms with E-state index in [9.17, 15) is 0 Å². The second kappa shape index (κ2) is 14.5. The number of hydrogen-bond acceptors (Lipinski definition) is 0. The van der Waals surface area contributed by atoms with Crippen LogP contribution in [-0.2, 0) is 21.7 Å². The number of benzene rings is 3. The standard InChI is InChI=1S/C19H15.C4H10N.2CH3.2ClH.Si.Ti/c1-12-11-13(2)19-17-10-6-4-8-15(17)14-7-3-5-9-16(14)18(12)19;1-4(2,3)5;;;;;;/h3-9,11,13H,1-2H3;5H,1-3H3;2*1H3;2*1H;;/q4*-1;;;;+2/p-2. The summed E-state index contributed by atoms with van der Waals surface area (Å²) in [5.41, 5.74) is 11.0. The third-order valence-electron chi connectivity index (χ3n) is 4.23. The van der Waals surface area contributed by atoms with Crippen LogP contribution in [0.25, 0.3) is 32.9 Å². The van der Waals surface area contributed by atoms with E-state index < -0.39 is 0 Å². The molecule has 0 aliphatic heterocycles. The Morgan fingerprint density at radius 3 is 1.90 bits per heavy atom. The van der Waals surface area contributed by atoms with Gasteiger partial charge in [-0.05, 0) is 18.2 Å². The molecule has 3 aromatic rings. The fourth-order valence-electron chi connectivity index (χ4n) is 3.51. The summed E-state index contributed by atoms with van der Waals surface area (Å²) in [5.74, 6) is 0.487. The predicted molar refractivity (Wildman–Crippen MR) is 125 cm³/mol. The van der Waals surface area contributed by atoms with Gasteiger partial charge in [0.1, 0.15) is 0 Å². The molecule has 4 radical (unpaired) electrons.